The fourth-order valence-electron chi connectivity index (χ4n) is 2.25. The molecule has 0 aromatic carbocycles. The smallest absolute Gasteiger partial charge is 0.0749 e. The molecule has 0 amide bonds. The maximum absolute atomic E-state index is 5.99. The third kappa shape index (κ3) is 3.56. The summed E-state index contributed by atoms with van der Waals surface area (Å²) in [7, 11) is 1.77. The molecule has 0 aromatic rings. The third-order valence-electron chi connectivity index (χ3n) is 2.92. The van der Waals surface area contributed by atoms with E-state index in [9.17, 15) is 0 Å². The molecule has 84 valence electrons. The Hall–Kier alpha value is -0.120. The van der Waals surface area contributed by atoms with E-state index in [0.717, 1.165) is 26.1 Å². The summed E-state index contributed by atoms with van der Waals surface area (Å²) >= 11 is 0. The van der Waals surface area contributed by atoms with Crippen molar-refractivity contribution in [3.8, 4) is 0 Å². The molecule has 0 saturated carbocycles. The van der Waals surface area contributed by atoms with Gasteiger partial charge in [-0.1, -0.05) is 6.92 Å². The molecule has 1 rings (SSSR count). The predicted octanol–water partition coefficient (Wildman–Crippen LogP) is 1.08. The molecular formula is C11H24N2O. The molecule has 2 atom stereocenters. The van der Waals surface area contributed by atoms with Gasteiger partial charge in [0.15, 0.2) is 0 Å². The fraction of sp³-hybridized carbons (Fsp3) is 1.00. The van der Waals surface area contributed by atoms with Crippen LogP contribution >= 0.6 is 0 Å². The molecule has 1 aliphatic heterocycles. The molecule has 2 N–H and O–H groups in total. The minimum atomic E-state index is -0.0588. The van der Waals surface area contributed by atoms with E-state index >= 15 is 0 Å². The van der Waals surface area contributed by atoms with Gasteiger partial charge in [-0.25, -0.2) is 0 Å². The summed E-state index contributed by atoms with van der Waals surface area (Å²) in [4.78, 5) is 2.42. The van der Waals surface area contributed by atoms with Crippen molar-refractivity contribution < 1.29 is 4.74 Å². The van der Waals surface area contributed by atoms with Gasteiger partial charge < -0.3 is 10.5 Å². The van der Waals surface area contributed by atoms with Crippen LogP contribution in [0.25, 0.3) is 0 Å². The SMILES string of the molecule is COC(C)(C)CN1CC(C)CC(N)C1. The summed E-state index contributed by atoms with van der Waals surface area (Å²) in [5.41, 5.74) is 5.93. The summed E-state index contributed by atoms with van der Waals surface area (Å²) in [5.74, 6) is 0.714. The number of nitrogens with two attached hydrogens (primary N) is 1. The van der Waals surface area contributed by atoms with Crippen molar-refractivity contribution in [1.29, 1.82) is 0 Å². The molecule has 0 spiro atoms. The van der Waals surface area contributed by atoms with Gasteiger partial charge in [0, 0.05) is 32.8 Å². The van der Waals surface area contributed by atoms with Crippen LogP contribution in [0.3, 0.4) is 0 Å². The molecule has 0 bridgehead atoms. The number of hydrogen-bond donors (Lipinski definition) is 1. The van der Waals surface area contributed by atoms with E-state index in [-0.39, 0.29) is 5.60 Å². The Labute approximate surface area is 87.6 Å². The van der Waals surface area contributed by atoms with Crippen LogP contribution in [-0.2, 0) is 4.74 Å². The zero-order chi connectivity index (χ0) is 10.8. The predicted molar refractivity (Wildman–Crippen MR) is 59.3 cm³/mol. The van der Waals surface area contributed by atoms with Crippen LogP contribution in [0.5, 0.6) is 0 Å². The Balaban J connectivity index is 2.44. The molecule has 3 nitrogen and oxygen atoms in total. The number of hydrogen-bond acceptors (Lipinski definition) is 3. The Bertz CT molecular complexity index is 172. The largest absolute Gasteiger partial charge is 0.377 e. The second-order valence-electron chi connectivity index (χ2n) is 5.26. The van der Waals surface area contributed by atoms with E-state index in [1.807, 2.05) is 0 Å². The van der Waals surface area contributed by atoms with Crippen molar-refractivity contribution in [2.75, 3.05) is 26.7 Å². The lowest BCUT2D eigenvalue weighted by Gasteiger charge is -2.38. The van der Waals surface area contributed by atoms with Gasteiger partial charge in [-0.2, -0.15) is 0 Å². The van der Waals surface area contributed by atoms with Crippen LogP contribution in [0.2, 0.25) is 0 Å². The van der Waals surface area contributed by atoms with Crippen LogP contribution in [0.4, 0.5) is 0 Å². The second-order valence-corrected chi connectivity index (χ2v) is 5.26. The molecule has 0 aliphatic carbocycles. The van der Waals surface area contributed by atoms with Gasteiger partial charge in [-0.15, -0.1) is 0 Å². The molecule has 1 heterocycles. The summed E-state index contributed by atoms with van der Waals surface area (Å²) in [6.45, 7) is 9.65. The van der Waals surface area contributed by atoms with Crippen molar-refractivity contribution in [2.24, 2.45) is 11.7 Å². The number of rotatable bonds is 3. The average molecular weight is 200 g/mol. The highest BCUT2D eigenvalue weighted by Crippen LogP contribution is 2.18. The molecule has 0 aromatic heterocycles. The highest BCUT2D eigenvalue weighted by Gasteiger charge is 2.27. The Morgan fingerprint density at radius 3 is 2.57 bits per heavy atom. The molecule has 1 fully saturated rings. The van der Waals surface area contributed by atoms with Gasteiger partial charge in [-0.3, -0.25) is 4.90 Å². The first kappa shape index (κ1) is 12.0. The highest BCUT2D eigenvalue weighted by molar-refractivity contribution is 4.83. The molecule has 1 saturated heterocycles. The van der Waals surface area contributed by atoms with Gasteiger partial charge in [0.2, 0.25) is 0 Å². The van der Waals surface area contributed by atoms with Crippen molar-refractivity contribution >= 4 is 0 Å². The summed E-state index contributed by atoms with van der Waals surface area (Å²) in [6.07, 6.45) is 1.16. The van der Waals surface area contributed by atoms with Gasteiger partial charge in [0.1, 0.15) is 0 Å². The van der Waals surface area contributed by atoms with Crippen molar-refractivity contribution in [2.45, 2.75) is 38.8 Å². The van der Waals surface area contributed by atoms with E-state index < -0.39 is 0 Å². The lowest BCUT2D eigenvalue weighted by molar-refractivity contribution is -0.0175. The maximum Gasteiger partial charge on any atom is 0.0749 e. The summed E-state index contributed by atoms with van der Waals surface area (Å²) in [6, 6.07) is 0.339. The molecule has 1 aliphatic rings. The molecule has 3 heteroatoms. The first-order valence-corrected chi connectivity index (χ1v) is 5.46. The Kier molecular flexibility index (Phi) is 3.93. The Morgan fingerprint density at radius 1 is 1.43 bits per heavy atom. The highest BCUT2D eigenvalue weighted by atomic mass is 16.5. The van der Waals surface area contributed by atoms with Crippen LogP contribution in [0, 0.1) is 5.92 Å². The van der Waals surface area contributed by atoms with Gasteiger partial charge in [0.25, 0.3) is 0 Å². The minimum absolute atomic E-state index is 0.0588. The van der Waals surface area contributed by atoms with Gasteiger partial charge >= 0.3 is 0 Å². The van der Waals surface area contributed by atoms with Gasteiger partial charge in [-0.05, 0) is 26.2 Å². The topological polar surface area (TPSA) is 38.5 Å². The molecule has 2 unspecified atom stereocenters. The molecule has 14 heavy (non-hydrogen) atoms. The number of ether oxygens (including phenoxy) is 1. The zero-order valence-electron chi connectivity index (χ0n) is 9.92. The van der Waals surface area contributed by atoms with E-state index in [2.05, 4.69) is 25.7 Å². The zero-order valence-corrected chi connectivity index (χ0v) is 9.92. The normalized spacial score (nSPS) is 30.6. The maximum atomic E-state index is 5.99. The molecule has 0 radical (unpaired) electrons. The number of likely N-dealkylation sites (tertiary alicyclic amines) is 1. The van der Waals surface area contributed by atoms with Crippen molar-refractivity contribution in [1.82, 2.24) is 4.90 Å². The second kappa shape index (κ2) is 4.60. The van der Waals surface area contributed by atoms with Crippen LogP contribution in [0.15, 0.2) is 0 Å². The summed E-state index contributed by atoms with van der Waals surface area (Å²) in [5, 5.41) is 0. The quantitative estimate of drug-likeness (QED) is 0.741. The van der Waals surface area contributed by atoms with E-state index in [0.29, 0.717) is 12.0 Å². The summed E-state index contributed by atoms with van der Waals surface area (Å²) < 4.78 is 5.43. The molecular weight excluding hydrogens is 176 g/mol. The first-order valence-electron chi connectivity index (χ1n) is 5.46. The van der Waals surface area contributed by atoms with Crippen molar-refractivity contribution in [3.05, 3.63) is 0 Å². The lowest BCUT2D eigenvalue weighted by Crippen LogP contribution is -2.51. The van der Waals surface area contributed by atoms with E-state index in [4.69, 9.17) is 10.5 Å². The van der Waals surface area contributed by atoms with Crippen LogP contribution in [-0.4, -0.2) is 43.3 Å². The fourth-order valence-corrected chi connectivity index (χ4v) is 2.25. The minimum Gasteiger partial charge on any atom is -0.377 e. The monoisotopic (exact) mass is 200 g/mol. The number of piperidine rings is 1. The Morgan fingerprint density at radius 2 is 2.07 bits per heavy atom. The number of methoxy groups -OCH3 is 1. The lowest BCUT2D eigenvalue weighted by atomic mass is 9.95. The standard InChI is InChI=1S/C11H24N2O/c1-9-5-10(12)7-13(6-9)8-11(2,3)14-4/h9-10H,5-8,12H2,1-4H3. The first-order chi connectivity index (χ1) is 6.43. The van der Waals surface area contributed by atoms with E-state index in [1.165, 1.54) is 0 Å². The van der Waals surface area contributed by atoms with Crippen LogP contribution in [0.1, 0.15) is 27.2 Å². The average Bonchev–Trinajstić information content (AvgIpc) is 2.01. The third-order valence-corrected chi connectivity index (χ3v) is 2.92. The van der Waals surface area contributed by atoms with Gasteiger partial charge in [0.05, 0.1) is 5.60 Å². The van der Waals surface area contributed by atoms with Crippen LogP contribution < -0.4 is 5.73 Å². The number of nitrogens with zero attached hydrogens (tertiary/aromatic N) is 1. The van der Waals surface area contributed by atoms with Crippen molar-refractivity contribution in [3.63, 3.8) is 0 Å². The van der Waals surface area contributed by atoms with E-state index in [1.54, 1.807) is 7.11 Å².